The second kappa shape index (κ2) is 8.63. The monoisotopic (exact) mass is 363 g/mol. The molecule has 0 aliphatic rings. The van der Waals surface area contributed by atoms with E-state index in [1.54, 1.807) is 30.3 Å². The van der Waals surface area contributed by atoms with E-state index in [2.05, 4.69) is 16.4 Å². The van der Waals surface area contributed by atoms with Crippen molar-refractivity contribution in [1.29, 1.82) is 5.26 Å². The van der Waals surface area contributed by atoms with E-state index in [1.165, 1.54) is 0 Å². The van der Waals surface area contributed by atoms with Crippen molar-refractivity contribution < 1.29 is 18.7 Å². The Hall–Kier alpha value is -3.66. The number of fused-ring (bicyclic) bond motifs is 1. The number of amides is 1. The molecular formula is C20H17N3O4. The zero-order valence-corrected chi connectivity index (χ0v) is 14.5. The van der Waals surface area contributed by atoms with Gasteiger partial charge >= 0.3 is 5.97 Å². The summed E-state index contributed by atoms with van der Waals surface area (Å²) in [6, 6.07) is 16.3. The van der Waals surface area contributed by atoms with Crippen LogP contribution < -0.4 is 5.32 Å². The molecule has 7 heteroatoms. The first-order chi connectivity index (χ1) is 13.1. The zero-order valence-electron chi connectivity index (χ0n) is 14.5. The number of para-hydroxylation sites is 2. The molecule has 0 saturated heterocycles. The van der Waals surface area contributed by atoms with E-state index >= 15 is 0 Å². The van der Waals surface area contributed by atoms with E-state index in [0.29, 0.717) is 30.0 Å². The maximum absolute atomic E-state index is 11.8. The highest BCUT2D eigenvalue weighted by Crippen LogP contribution is 2.15. The van der Waals surface area contributed by atoms with Gasteiger partial charge in [-0.3, -0.25) is 9.59 Å². The van der Waals surface area contributed by atoms with Crippen LogP contribution in [0.1, 0.15) is 17.9 Å². The van der Waals surface area contributed by atoms with Crippen LogP contribution in [0.25, 0.3) is 11.1 Å². The van der Waals surface area contributed by atoms with Crippen LogP contribution in [0.2, 0.25) is 0 Å². The van der Waals surface area contributed by atoms with E-state index in [9.17, 15) is 9.59 Å². The average molecular weight is 363 g/mol. The van der Waals surface area contributed by atoms with Crippen molar-refractivity contribution in [2.24, 2.45) is 0 Å². The van der Waals surface area contributed by atoms with Crippen LogP contribution in [-0.2, 0) is 27.2 Å². The minimum Gasteiger partial charge on any atom is -0.456 e. The molecule has 3 rings (SSSR count). The Morgan fingerprint density at radius 1 is 1.15 bits per heavy atom. The molecule has 1 heterocycles. The second-order valence-corrected chi connectivity index (χ2v) is 5.82. The number of nitriles is 1. The number of anilines is 1. The highest BCUT2D eigenvalue weighted by atomic mass is 16.5. The fraction of sp³-hybridized carbons (Fsp3) is 0.200. The minimum absolute atomic E-state index is 0.0724. The van der Waals surface area contributed by atoms with E-state index < -0.39 is 11.9 Å². The first kappa shape index (κ1) is 18.1. The Morgan fingerprint density at radius 2 is 1.93 bits per heavy atom. The van der Waals surface area contributed by atoms with Gasteiger partial charge in [0.25, 0.3) is 5.91 Å². The summed E-state index contributed by atoms with van der Waals surface area (Å²) in [5, 5.41) is 11.3. The van der Waals surface area contributed by atoms with E-state index in [0.717, 1.165) is 11.1 Å². The number of carbonyl (C=O) groups excluding carboxylic acids is 2. The first-order valence-electron chi connectivity index (χ1n) is 8.40. The quantitative estimate of drug-likeness (QED) is 0.647. The molecule has 0 saturated carbocycles. The van der Waals surface area contributed by atoms with Crippen LogP contribution in [0.5, 0.6) is 0 Å². The molecule has 1 aromatic heterocycles. The third-order valence-corrected chi connectivity index (χ3v) is 3.77. The summed E-state index contributed by atoms with van der Waals surface area (Å²) < 4.78 is 10.5. The molecule has 7 nitrogen and oxygen atoms in total. The maximum Gasteiger partial charge on any atom is 0.306 e. The van der Waals surface area contributed by atoms with Crippen molar-refractivity contribution in [2.45, 2.75) is 19.3 Å². The van der Waals surface area contributed by atoms with Gasteiger partial charge < -0.3 is 14.5 Å². The lowest BCUT2D eigenvalue weighted by molar-refractivity contribution is -0.147. The Labute approximate surface area is 155 Å². The maximum atomic E-state index is 11.8. The van der Waals surface area contributed by atoms with Gasteiger partial charge in [0, 0.05) is 12.1 Å². The number of rotatable bonds is 7. The normalized spacial score (nSPS) is 10.3. The van der Waals surface area contributed by atoms with Gasteiger partial charge in [-0.1, -0.05) is 24.3 Å². The van der Waals surface area contributed by atoms with Gasteiger partial charge in [-0.05, 0) is 29.8 Å². The number of nitrogens with zero attached hydrogens (tertiary/aromatic N) is 2. The van der Waals surface area contributed by atoms with Gasteiger partial charge in [-0.2, -0.15) is 5.26 Å². The van der Waals surface area contributed by atoms with Crippen LogP contribution in [0.4, 0.5) is 5.69 Å². The summed E-state index contributed by atoms with van der Waals surface area (Å²) in [6.45, 7) is -0.369. The Morgan fingerprint density at radius 3 is 2.67 bits per heavy atom. The number of esters is 1. The lowest BCUT2D eigenvalue weighted by atomic mass is 10.1. The number of nitrogens with one attached hydrogen (secondary N) is 1. The van der Waals surface area contributed by atoms with Gasteiger partial charge in [-0.15, -0.1) is 0 Å². The molecule has 27 heavy (non-hydrogen) atoms. The molecule has 3 aromatic rings. The number of oxazole rings is 1. The zero-order chi connectivity index (χ0) is 19.1. The highest BCUT2D eigenvalue weighted by Gasteiger charge is 2.11. The van der Waals surface area contributed by atoms with Crippen molar-refractivity contribution in [3.05, 3.63) is 60.0 Å². The lowest BCUT2D eigenvalue weighted by Gasteiger charge is -2.06. The van der Waals surface area contributed by atoms with Crippen LogP contribution in [0.3, 0.4) is 0 Å². The number of hydrogen-bond acceptors (Lipinski definition) is 6. The molecule has 0 unspecified atom stereocenters. The fourth-order valence-electron chi connectivity index (χ4n) is 2.45. The number of carbonyl (C=O) groups is 2. The van der Waals surface area contributed by atoms with Gasteiger partial charge in [0.1, 0.15) is 5.52 Å². The van der Waals surface area contributed by atoms with Gasteiger partial charge in [0.15, 0.2) is 18.1 Å². The first-order valence-corrected chi connectivity index (χ1v) is 8.40. The Kier molecular flexibility index (Phi) is 5.80. The number of aromatic nitrogens is 1. The summed E-state index contributed by atoms with van der Waals surface area (Å²) in [5.41, 5.74) is 2.84. The second-order valence-electron chi connectivity index (χ2n) is 5.82. The molecule has 0 fully saturated rings. The summed E-state index contributed by atoms with van der Waals surface area (Å²) in [7, 11) is 0. The molecule has 0 radical (unpaired) electrons. The molecule has 0 spiro atoms. The number of hydrogen-bond donors (Lipinski definition) is 1. The SMILES string of the molecule is N#CCc1ccc(NC(=O)COC(=O)CCc2nc3ccccc3o2)cc1. The molecule has 2 aromatic carbocycles. The predicted molar refractivity (Wildman–Crippen MR) is 97.7 cm³/mol. The Balaban J connectivity index is 1.41. The fourth-order valence-corrected chi connectivity index (χ4v) is 2.45. The van der Waals surface area contributed by atoms with Crippen molar-refractivity contribution in [1.82, 2.24) is 4.98 Å². The molecule has 0 atom stereocenters. The Bertz CT molecular complexity index is 953. The largest absolute Gasteiger partial charge is 0.456 e. The standard InChI is InChI=1S/C20H17N3O4/c21-12-11-14-5-7-15(8-6-14)22-18(24)13-26-20(25)10-9-19-23-16-3-1-2-4-17(16)27-19/h1-8H,9-11,13H2,(H,22,24). The number of aryl methyl sites for hydroxylation is 1. The van der Waals surface area contributed by atoms with Crippen molar-refractivity contribution in [2.75, 3.05) is 11.9 Å². The topological polar surface area (TPSA) is 105 Å². The highest BCUT2D eigenvalue weighted by molar-refractivity contribution is 5.92. The summed E-state index contributed by atoms with van der Waals surface area (Å²) in [4.78, 5) is 27.9. The number of ether oxygens (including phenoxy) is 1. The van der Waals surface area contributed by atoms with Crippen LogP contribution >= 0.6 is 0 Å². The van der Waals surface area contributed by atoms with E-state index in [1.807, 2.05) is 18.2 Å². The molecule has 136 valence electrons. The van der Waals surface area contributed by atoms with Crippen molar-refractivity contribution >= 4 is 28.7 Å². The summed E-state index contributed by atoms with van der Waals surface area (Å²) >= 11 is 0. The van der Waals surface area contributed by atoms with Crippen molar-refractivity contribution in [3.8, 4) is 6.07 Å². The molecule has 1 N–H and O–H groups in total. The molecule has 0 aliphatic carbocycles. The molecule has 0 aliphatic heterocycles. The van der Waals surface area contributed by atoms with Gasteiger partial charge in [0.05, 0.1) is 18.9 Å². The molecule has 1 amide bonds. The van der Waals surface area contributed by atoms with Crippen LogP contribution in [0, 0.1) is 11.3 Å². The van der Waals surface area contributed by atoms with Crippen LogP contribution in [-0.4, -0.2) is 23.5 Å². The van der Waals surface area contributed by atoms with Crippen molar-refractivity contribution in [3.63, 3.8) is 0 Å². The lowest BCUT2D eigenvalue weighted by Crippen LogP contribution is -2.21. The van der Waals surface area contributed by atoms with Gasteiger partial charge in [-0.25, -0.2) is 4.98 Å². The molecular weight excluding hydrogens is 346 g/mol. The van der Waals surface area contributed by atoms with Crippen LogP contribution in [0.15, 0.2) is 52.9 Å². The summed E-state index contributed by atoms with van der Waals surface area (Å²) in [5.74, 6) is -0.481. The smallest absolute Gasteiger partial charge is 0.306 e. The van der Waals surface area contributed by atoms with E-state index in [-0.39, 0.29) is 13.0 Å². The number of benzene rings is 2. The molecule has 0 bridgehead atoms. The average Bonchev–Trinajstić information content (AvgIpc) is 3.09. The van der Waals surface area contributed by atoms with E-state index in [4.69, 9.17) is 14.4 Å². The minimum atomic E-state index is -0.503. The third kappa shape index (κ3) is 5.16. The third-order valence-electron chi connectivity index (χ3n) is 3.77. The summed E-state index contributed by atoms with van der Waals surface area (Å²) in [6.07, 6.45) is 0.685. The predicted octanol–water partition coefficient (Wildman–Crippen LogP) is 3.01. The van der Waals surface area contributed by atoms with Gasteiger partial charge in [0.2, 0.25) is 0 Å².